The average Bonchev–Trinajstić information content (AvgIpc) is 3.23. The molecule has 0 fully saturated rings. The number of benzene rings is 2. The van der Waals surface area contributed by atoms with Crippen molar-refractivity contribution in [2.45, 2.75) is 6.54 Å². The number of ether oxygens (including phenoxy) is 1. The monoisotopic (exact) mass is 503 g/mol. The molecule has 12 heteroatoms. The van der Waals surface area contributed by atoms with E-state index in [4.69, 9.17) is 45.3 Å². The number of anilines is 1. The van der Waals surface area contributed by atoms with Crippen LogP contribution in [-0.4, -0.2) is 39.2 Å². The second-order valence-corrected chi connectivity index (χ2v) is 7.91. The fraction of sp³-hybridized carbons (Fsp3) is 0.0952. The SMILES string of the molecule is COc1ccc(/C=N\NC(=O)c2nc(Cl)c(Cl)c(N)c2Cl)cc1Cn1nnc2ccccc21. The fourth-order valence-corrected chi connectivity index (χ4v) is 3.69. The Balaban J connectivity index is 1.54. The number of halogens is 3. The van der Waals surface area contributed by atoms with Gasteiger partial charge in [-0.05, 0) is 35.9 Å². The predicted molar refractivity (Wildman–Crippen MR) is 128 cm³/mol. The molecule has 0 atom stereocenters. The number of para-hydroxylation sites is 1. The highest BCUT2D eigenvalue weighted by Crippen LogP contribution is 2.34. The Labute approximate surface area is 203 Å². The quantitative estimate of drug-likeness (QED) is 0.231. The number of hydrogen-bond acceptors (Lipinski definition) is 7. The van der Waals surface area contributed by atoms with E-state index in [2.05, 4.69) is 25.8 Å². The standard InChI is InChI=1S/C21H16Cl3N7O2/c1-33-15-7-6-11(8-12(15)10-31-14-5-3-2-4-13(14)28-30-31)9-26-29-21(32)19-16(22)18(25)17(23)20(24)27-19/h2-9H,10H2,1H3,(H2,25,27)(H,29,32)/b26-9-. The highest BCUT2D eigenvalue weighted by Gasteiger charge is 2.19. The van der Waals surface area contributed by atoms with Crippen LogP contribution in [0.15, 0.2) is 47.6 Å². The van der Waals surface area contributed by atoms with Gasteiger partial charge in [0.05, 0.1) is 36.1 Å². The summed E-state index contributed by atoms with van der Waals surface area (Å²) in [6, 6.07) is 13.1. The number of carbonyl (C=O) groups is 1. The summed E-state index contributed by atoms with van der Waals surface area (Å²) in [6.07, 6.45) is 1.47. The van der Waals surface area contributed by atoms with Crippen LogP contribution in [-0.2, 0) is 6.54 Å². The van der Waals surface area contributed by atoms with Crippen LogP contribution < -0.4 is 15.9 Å². The van der Waals surface area contributed by atoms with Gasteiger partial charge in [-0.15, -0.1) is 5.10 Å². The van der Waals surface area contributed by atoms with Crippen molar-refractivity contribution in [1.29, 1.82) is 0 Å². The van der Waals surface area contributed by atoms with Crippen molar-refractivity contribution in [1.82, 2.24) is 25.4 Å². The van der Waals surface area contributed by atoms with Gasteiger partial charge >= 0.3 is 0 Å². The van der Waals surface area contributed by atoms with Gasteiger partial charge in [-0.1, -0.05) is 52.1 Å². The van der Waals surface area contributed by atoms with E-state index in [1.54, 1.807) is 23.9 Å². The second kappa shape index (κ2) is 9.62. The van der Waals surface area contributed by atoms with E-state index in [0.717, 1.165) is 16.6 Å². The molecule has 2 aromatic carbocycles. The molecule has 9 nitrogen and oxygen atoms in total. The van der Waals surface area contributed by atoms with Gasteiger partial charge in [0, 0.05) is 5.56 Å². The summed E-state index contributed by atoms with van der Waals surface area (Å²) in [4.78, 5) is 16.3. The lowest BCUT2D eigenvalue weighted by Crippen LogP contribution is -2.20. The third-order valence-corrected chi connectivity index (χ3v) is 5.85. The number of nitrogens with one attached hydrogen (secondary N) is 1. The van der Waals surface area contributed by atoms with E-state index >= 15 is 0 Å². The van der Waals surface area contributed by atoms with Gasteiger partial charge in [-0.3, -0.25) is 4.79 Å². The van der Waals surface area contributed by atoms with Crippen LogP contribution >= 0.6 is 34.8 Å². The molecule has 4 aromatic rings. The van der Waals surface area contributed by atoms with Crippen LogP contribution in [0, 0.1) is 0 Å². The zero-order valence-electron chi connectivity index (χ0n) is 17.1. The summed E-state index contributed by atoms with van der Waals surface area (Å²) < 4.78 is 7.25. The van der Waals surface area contributed by atoms with E-state index in [1.807, 2.05) is 30.3 Å². The van der Waals surface area contributed by atoms with Crippen LogP contribution in [0.2, 0.25) is 15.2 Å². The minimum absolute atomic E-state index is 0.0207. The first kappa shape index (κ1) is 22.8. The highest BCUT2D eigenvalue weighted by molar-refractivity contribution is 6.46. The van der Waals surface area contributed by atoms with Crippen molar-refractivity contribution in [3.63, 3.8) is 0 Å². The number of pyridine rings is 1. The topological polar surface area (TPSA) is 120 Å². The number of carbonyl (C=O) groups excluding carboxylic acids is 1. The molecule has 0 spiro atoms. The molecule has 168 valence electrons. The number of methoxy groups -OCH3 is 1. The van der Waals surface area contributed by atoms with Crippen molar-refractivity contribution < 1.29 is 9.53 Å². The third kappa shape index (κ3) is 4.70. The summed E-state index contributed by atoms with van der Waals surface area (Å²) in [6.45, 7) is 0.430. The summed E-state index contributed by atoms with van der Waals surface area (Å²) >= 11 is 17.8. The van der Waals surface area contributed by atoms with Crippen LogP contribution in [0.3, 0.4) is 0 Å². The number of rotatable bonds is 6. The Morgan fingerprint density at radius 1 is 1.21 bits per heavy atom. The van der Waals surface area contributed by atoms with E-state index in [-0.39, 0.29) is 26.6 Å². The molecule has 4 rings (SSSR count). The number of nitrogen functional groups attached to an aromatic ring is 1. The molecule has 0 aliphatic heterocycles. The molecule has 0 aliphatic rings. The second-order valence-electron chi connectivity index (χ2n) is 6.80. The van der Waals surface area contributed by atoms with Crippen LogP contribution in [0.25, 0.3) is 11.0 Å². The lowest BCUT2D eigenvalue weighted by molar-refractivity contribution is 0.0950. The number of nitrogens with zero attached hydrogens (tertiary/aromatic N) is 5. The molecule has 0 saturated heterocycles. The number of amides is 1. The summed E-state index contributed by atoms with van der Waals surface area (Å²) in [5.74, 6) is -0.0117. The molecule has 0 unspecified atom stereocenters. The molecule has 3 N–H and O–H groups in total. The van der Waals surface area contributed by atoms with E-state index in [0.29, 0.717) is 17.9 Å². The fourth-order valence-electron chi connectivity index (χ4n) is 3.10. The lowest BCUT2D eigenvalue weighted by Gasteiger charge is -2.10. The van der Waals surface area contributed by atoms with Crippen molar-refractivity contribution in [3.8, 4) is 5.75 Å². The predicted octanol–water partition coefficient (Wildman–Crippen LogP) is 4.19. The highest BCUT2D eigenvalue weighted by atomic mass is 35.5. The lowest BCUT2D eigenvalue weighted by atomic mass is 10.1. The maximum atomic E-state index is 12.4. The van der Waals surface area contributed by atoms with Crippen molar-refractivity contribution in [2.24, 2.45) is 5.10 Å². The van der Waals surface area contributed by atoms with Crippen molar-refractivity contribution >= 4 is 63.6 Å². The van der Waals surface area contributed by atoms with Gasteiger partial charge in [0.25, 0.3) is 5.91 Å². The first-order valence-corrected chi connectivity index (χ1v) is 10.6. The Morgan fingerprint density at radius 2 is 2.00 bits per heavy atom. The average molecular weight is 505 g/mol. The van der Waals surface area contributed by atoms with Gasteiger partial charge in [-0.25, -0.2) is 15.1 Å². The molecule has 1 amide bonds. The number of hydrazone groups is 1. The number of nitrogens with two attached hydrogens (primary N) is 1. The normalized spacial score (nSPS) is 11.3. The van der Waals surface area contributed by atoms with Gasteiger partial charge in [0.15, 0.2) is 10.8 Å². The molecule has 0 bridgehead atoms. The first-order chi connectivity index (χ1) is 15.9. The zero-order valence-corrected chi connectivity index (χ0v) is 19.4. The minimum Gasteiger partial charge on any atom is -0.496 e. The van der Waals surface area contributed by atoms with E-state index in [1.165, 1.54) is 6.21 Å². The summed E-state index contributed by atoms with van der Waals surface area (Å²) in [7, 11) is 1.59. The van der Waals surface area contributed by atoms with Crippen molar-refractivity contribution in [2.75, 3.05) is 12.8 Å². The van der Waals surface area contributed by atoms with Crippen molar-refractivity contribution in [3.05, 3.63) is 74.5 Å². The van der Waals surface area contributed by atoms with Crippen LogP contribution in [0.4, 0.5) is 5.69 Å². The molecule has 2 aromatic heterocycles. The smallest absolute Gasteiger partial charge is 0.291 e. The molecular formula is C21H16Cl3N7O2. The van der Waals surface area contributed by atoms with Gasteiger partial charge in [0.2, 0.25) is 0 Å². The molecule has 33 heavy (non-hydrogen) atoms. The maximum absolute atomic E-state index is 12.4. The Hall–Kier alpha value is -3.40. The summed E-state index contributed by atoms with van der Waals surface area (Å²) in [5, 5.41) is 12.1. The van der Waals surface area contributed by atoms with Gasteiger partial charge in [-0.2, -0.15) is 5.10 Å². The molecule has 2 heterocycles. The maximum Gasteiger partial charge on any atom is 0.291 e. The summed E-state index contributed by atoms with van der Waals surface area (Å²) in [5.41, 5.74) is 11.1. The molecule has 0 aliphatic carbocycles. The molecular weight excluding hydrogens is 489 g/mol. The van der Waals surface area contributed by atoms with Gasteiger partial charge in [0.1, 0.15) is 16.3 Å². The van der Waals surface area contributed by atoms with Crippen LogP contribution in [0.1, 0.15) is 21.6 Å². The Kier molecular flexibility index (Phi) is 6.64. The zero-order chi connectivity index (χ0) is 23.5. The first-order valence-electron chi connectivity index (χ1n) is 9.47. The van der Waals surface area contributed by atoms with Gasteiger partial charge < -0.3 is 10.5 Å². The molecule has 0 saturated carbocycles. The third-order valence-electron chi connectivity index (χ3n) is 4.71. The number of fused-ring (bicyclic) bond motifs is 1. The van der Waals surface area contributed by atoms with E-state index in [9.17, 15) is 4.79 Å². The number of aromatic nitrogens is 4. The number of hydrogen-bond donors (Lipinski definition) is 2. The molecule has 0 radical (unpaired) electrons. The minimum atomic E-state index is -0.690. The van der Waals surface area contributed by atoms with E-state index < -0.39 is 5.91 Å². The Morgan fingerprint density at radius 3 is 2.79 bits per heavy atom. The largest absolute Gasteiger partial charge is 0.496 e. The van der Waals surface area contributed by atoms with Crippen LogP contribution in [0.5, 0.6) is 5.75 Å². The Bertz CT molecular complexity index is 1390.